The van der Waals surface area contributed by atoms with Crippen LogP contribution >= 0.6 is 11.3 Å². The van der Waals surface area contributed by atoms with E-state index in [0.717, 1.165) is 0 Å². The Morgan fingerprint density at radius 3 is 2.52 bits per heavy atom. The third kappa shape index (κ3) is 2.76. The second-order valence-electron chi connectivity index (χ2n) is 6.60. The average Bonchev–Trinajstić information content (AvgIpc) is 3.05. The van der Waals surface area contributed by atoms with Crippen LogP contribution in [0.1, 0.15) is 20.8 Å². The summed E-state index contributed by atoms with van der Waals surface area (Å²) in [5, 5.41) is 13.2. The van der Waals surface area contributed by atoms with Crippen LogP contribution in [0.2, 0.25) is 0 Å². The fourth-order valence-corrected chi connectivity index (χ4v) is 3.44. The average molecular weight is 337 g/mol. The van der Waals surface area contributed by atoms with Crippen molar-refractivity contribution >= 4 is 33.8 Å². The van der Waals surface area contributed by atoms with E-state index >= 15 is 0 Å². The second-order valence-corrected chi connectivity index (χ2v) is 7.47. The van der Waals surface area contributed by atoms with E-state index in [1.807, 2.05) is 30.6 Å². The molecule has 0 spiro atoms. The van der Waals surface area contributed by atoms with Gasteiger partial charge in [0.25, 0.3) is 4.96 Å². The van der Waals surface area contributed by atoms with Gasteiger partial charge in [-0.15, -0.1) is 0 Å². The van der Waals surface area contributed by atoms with E-state index in [0.29, 0.717) is 37.0 Å². The maximum absolute atomic E-state index is 12.3. The summed E-state index contributed by atoms with van der Waals surface area (Å²) in [4.78, 5) is 32.0. The standard InChI is InChI=1S/C14H19N5O3S/c1-14(2,3)12(20)17-6-4-16(5-7-17)10-11(19(21)22)18-8-9-23-13(18)15-10/h8-9H,4-7H2,1-3H3. The van der Waals surface area contributed by atoms with Crippen LogP contribution in [-0.2, 0) is 4.79 Å². The molecule has 2 aromatic rings. The largest absolute Gasteiger partial charge is 0.373 e. The number of carbonyl (C=O) groups is 1. The van der Waals surface area contributed by atoms with Crippen LogP contribution in [-0.4, -0.2) is 51.3 Å². The van der Waals surface area contributed by atoms with Crippen LogP contribution in [0.25, 0.3) is 4.96 Å². The summed E-state index contributed by atoms with van der Waals surface area (Å²) >= 11 is 1.37. The van der Waals surface area contributed by atoms with Crippen molar-refractivity contribution in [2.24, 2.45) is 5.41 Å². The normalized spacial score (nSPS) is 16.1. The molecule has 2 aromatic heterocycles. The highest BCUT2D eigenvalue weighted by atomic mass is 32.1. The number of hydrogen-bond acceptors (Lipinski definition) is 6. The molecule has 1 fully saturated rings. The maximum atomic E-state index is 12.3. The number of amides is 1. The van der Waals surface area contributed by atoms with Gasteiger partial charge in [0, 0.05) is 37.0 Å². The quantitative estimate of drug-likeness (QED) is 0.618. The van der Waals surface area contributed by atoms with E-state index in [9.17, 15) is 14.9 Å². The molecule has 23 heavy (non-hydrogen) atoms. The van der Waals surface area contributed by atoms with Crippen LogP contribution in [0.15, 0.2) is 11.6 Å². The van der Waals surface area contributed by atoms with Crippen molar-refractivity contribution in [1.82, 2.24) is 14.3 Å². The molecule has 0 aliphatic carbocycles. The lowest BCUT2D eigenvalue weighted by Gasteiger charge is -2.37. The minimum atomic E-state index is -0.412. The molecule has 1 aliphatic heterocycles. The van der Waals surface area contributed by atoms with Gasteiger partial charge in [-0.25, -0.2) is 0 Å². The maximum Gasteiger partial charge on any atom is 0.373 e. The van der Waals surface area contributed by atoms with Gasteiger partial charge in [0.1, 0.15) is 6.20 Å². The molecule has 1 amide bonds. The Balaban J connectivity index is 1.81. The summed E-state index contributed by atoms with van der Waals surface area (Å²) in [6.07, 6.45) is 1.66. The number of piperazine rings is 1. The Hall–Kier alpha value is -2.16. The molecule has 124 valence electrons. The Morgan fingerprint density at radius 2 is 1.96 bits per heavy atom. The predicted octanol–water partition coefficient (Wildman–Crippen LogP) is 2.00. The second kappa shape index (κ2) is 5.48. The van der Waals surface area contributed by atoms with Crippen molar-refractivity contribution < 1.29 is 9.72 Å². The van der Waals surface area contributed by atoms with Crippen LogP contribution in [0.5, 0.6) is 0 Å². The van der Waals surface area contributed by atoms with E-state index < -0.39 is 10.3 Å². The van der Waals surface area contributed by atoms with Crippen molar-refractivity contribution in [3.05, 3.63) is 21.7 Å². The summed E-state index contributed by atoms with van der Waals surface area (Å²) in [5.41, 5.74) is -0.412. The first-order valence-corrected chi connectivity index (χ1v) is 8.31. The Labute approximate surface area is 137 Å². The van der Waals surface area contributed by atoms with Crippen LogP contribution in [0.4, 0.5) is 11.6 Å². The number of fused-ring (bicyclic) bond motifs is 1. The lowest BCUT2D eigenvalue weighted by atomic mass is 9.94. The van der Waals surface area contributed by atoms with Gasteiger partial charge in [0.2, 0.25) is 11.7 Å². The summed E-state index contributed by atoms with van der Waals surface area (Å²) in [5.74, 6) is 0.499. The van der Waals surface area contributed by atoms with Gasteiger partial charge < -0.3 is 19.9 Å². The molecule has 0 bridgehead atoms. The predicted molar refractivity (Wildman–Crippen MR) is 88.0 cm³/mol. The van der Waals surface area contributed by atoms with Gasteiger partial charge in [0.05, 0.1) is 0 Å². The first kappa shape index (κ1) is 15.7. The number of anilines is 1. The van der Waals surface area contributed by atoms with Crippen LogP contribution in [0.3, 0.4) is 0 Å². The summed E-state index contributed by atoms with van der Waals surface area (Å²) < 4.78 is 1.51. The molecule has 3 heterocycles. The van der Waals surface area contributed by atoms with E-state index in [4.69, 9.17) is 0 Å². The molecular weight excluding hydrogens is 318 g/mol. The molecule has 0 saturated carbocycles. The summed E-state index contributed by atoms with van der Waals surface area (Å²) in [6.45, 7) is 7.90. The zero-order valence-electron chi connectivity index (χ0n) is 13.4. The lowest BCUT2D eigenvalue weighted by molar-refractivity contribution is -0.389. The molecule has 0 N–H and O–H groups in total. The smallest absolute Gasteiger partial charge is 0.358 e. The van der Waals surface area contributed by atoms with Gasteiger partial charge >= 0.3 is 5.82 Å². The molecule has 0 atom stereocenters. The molecule has 0 radical (unpaired) electrons. The van der Waals surface area contributed by atoms with E-state index in [2.05, 4.69) is 4.98 Å². The highest BCUT2D eigenvalue weighted by molar-refractivity contribution is 7.15. The van der Waals surface area contributed by atoms with Crippen molar-refractivity contribution in [1.29, 1.82) is 0 Å². The fourth-order valence-electron chi connectivity index (χ4n) is 2.74. The zero-order chi connectivity index (χ0) is 16.8. The Morgan fingerprint density at radius 1 is 1.30 bits per heavy atom. The molecule has 8 nitrogen and oxygen atoms in total. The number of nitro groups is 1. The highest BCUT2D eigenvalue weighted by Gasteiger charge is 2.33. The number of imidazole rings is 1. The first-order chi connectivity index (χ1) is 10.8. The zero-order valence-corrected chi connectivity index (χ0v) is 14.2. The summed E-state index contributed by atoms with van der Waals surface area (Å²) in [6, 6.07) is 0. The van der Waals surface area contributed by atoms with Gasteiger partial charge in [-0.1, -0.05) is 32.1 Å². The highest BCUT2D eigenvalue weighted by Crippen LogP contribution is 2.32. The number of thiazole rings is 1. The third-order valence-corrected chi connectivity index (χ3v) is 4.66. The Bertz CT molecular complexity index is 752. The Kier molecular flexibility index (Phi) is 3.75. The first-order valence-electron chi connectivity index (χ1n) is 7.43. The molecule has 0 aromatic carbocycles. The molecule has 3 rings (SSSR count). The fraction of sp³-hybridized carbons (Fsp3) is 0.571. The lowest BCUT2D eigenvalue weighted by Crippen LogP contribution is -2.51. The van der Waals surface area contributed by atoms with Gasteiger partial charge in [-0.05, 0) is 4.92 Å². The molecule has 1 saturated heterocycles. The number of aromatic nitrogens is 2. The number of nitrogens with zero attached hydrogens (tertiary/aromatic N) is 5. The van der Waals surface area contributed by atoms with E-state index in [-0.39, 0.29) is 11.7 Å². The molecular formula is C14H19N5O3S. The number of carbonyl (C=O) groups excluding carboxylic acids is 1. The van der Waals surface area contributed by atoms with Gasteiger partial charge in [-0.2, -0.15) is 9.38 Å². The van der Waals surface area contributed by atoms with Crippen molar-refractivity contribution in [3.63, 3.8) is 0 Å². The minimum absolute atomic E-state index is 0.00292. The van der Waals surface area contributed by atoms with E-state index in [1.54, 1.807) is 11.6 Å². The minimum Gasteiger partial charge on any atom is -0.358 e. The topological polar surface area (TPSA) is 84.0 Å². The molecule has 1 aliphatic rings. The number of rotatable bonds is 2. The van der Waals surface area contributed by atoms with Crippen LogP contribution in [0, 0.1) is 15.5 Å². The van der Waals surface area contributed by atoms with Gasteiger partial charge in [-0.3, -0.25) is 4.79 Å². The monoisotopic (exact) mass is 337 g/mol. The SMILES string of the molecule is CC(C)(C)C(=O)N1CCN(c2nc3sccn3c2[N+](=O)[O-])CC1. The third-order valence-electron chi connectivity index (χ3n) is 3.90. The van der Waals surface area contributed by atoms with E-state index in [1.165, 1.54) is 15.7 Å². The molecule has 9 heteroatoms. The van der Waals surface area contributed by atoms with Gasteiger partial charge in [0.15, 0.2) is 0 Å². The molecule has 0 unspecified atom stereocenters. The van der Waals surface area contributed by atoms with Crippen molar-refractivity contribution in [3.8, 4) is 0 Å². The van der Waals surface area contributed by atoms with Crippen molar-refractivity contribution in [2.45, 2.75) is 20.8 Å². The van der Waals surface area contributed by atoms with Crippen LogP contribution < -0.4 is 4.90 Å². The summed E-state index contributed by atoms with van der Waals surface area (Å²) in [7, 11) is 0. The van der Waals surface area contributed by atoms with Crippen molar-refractivity contribution in [2.75, 3.05) is 31.1 Å². The number of hydrogen-bond donors (Lipinski definition) is 0.